The van der Waals surface area contributed by atoms with Crippen LogP contribution in [0.3, 0.4) is 0 Å². The second-order valence-corrected chi connectivity index (χ2v) is 8.75. The number of nitrogens with one attached hydrogen (secondary N) is 2. The lowest BCUT2D eigenvalue weighted by atomic mass is 10.0. The van der Waals surface area contributed by atoms with Crippen molar-refractivity contribution >= 4 is 29.6 Å². The number of benzene rings is 3. The third-order valence-corrected chi connectivity index (χ3v) is 6.11. The van der Waals surface area contributed by atoms with E-state index in [0.29, 0.717) is 17.1 Å². The Bertz CT molecular complexity index is 1260. The molecular formula is C27H24ClF2N3O2S. The van der Waals surface area contributed by atoms with Crippen molar-refractivity contribution in [1.82, 2.24) is 15.0 Å². The monoisotopic (exact) mass is 527 g/mol. The van der Waals surface area contributed by atoms with Gasteiger partial charge in [-0.15, -0.1) is 0 Å². The third kappa shape index (κ3) is 8.25. The number of pyridine rings is 1. The first-order valence-corrected chi connectivity index (χ1v) is 12.0. The first-order chi connectivity index (χ1) is 17.4. The van der Waals surface area contributed by atoms with Crippen LogP contribution in [0.2, 0.25) is 5.02 Å². The molecule has 0 unspecified atom stereocenters. The normalized spacial score (nSPS) is 10.1. The van der Waals surface area contributed by atoms with Gasteiger partial charge in [-0.2, -0.15) is 0 Å². The fourth-order valence-electron chi connectivity index (χ4n) is 3.13. The van der Waals surface area contributed by atoms with Gasteiger partial charge >= 0.3 is 6.03 Å². The fourth-order valence-corrected chi connectivity index (χ4v) is 3.97. The number of rotatable bonds is 6. The molecule has 9 heteroatoms. The molecule has 5 nitrogen and oxygen atoms in total. The summed E-state index contributed by atoms with van der Waals surface area (Å²) >= 11 is 7.25. The molecule has 2 N–H and O–H groups in total. The van der Waals surface area contributed by atoms with E-state index in [1.165, 1.54) is 24.1 Å². The minimum atomic E-state index is -0.521. The van der Waals surface area contributed by atoms with E-state index in [0.717, 1.165) is 33.5 Å². The summed E-state index contributed by atoms with van der Waals surface area (Å²) in [6.45, 7) is 1.95. The van der Waals surface area contributed by atoms with Gasteiger partial charge in [-0.1, -0.05) is 41.9 Å². The van der Waals surface area contributed by atoms with Gasteiger partial charge in [0.2, 0.25) is 0 Å². The highest BCUT2D eigenvalue weighted by Crippen LogP contribution is 2.25. The number of carbonyl (C=O) groups excluding carboxylic acids is 1. The Morgan fingerprint density at radius 1 is 1.00 bits per heavy atom. The van der Waals surface area contributed by atoms with Crippen LogP contribution in [0.5, 0.6) is 5.75 Å². The highest BCUT2D eigenvalue weighted by molar-refractivity contribution is 7.98. The maximum absolute atomic E-state index is 12.2. The molecule has 0 aliphatic heterocycles. The van der Waals surface area contributed by atoms with E-state index in [-0.39, 0.29) is 6.03 Å². The van der Waals surface area contributed by atoms with Crippen molar-refractivity contribution in [2.45, 2.75) is 18.4 Å². The van der Waals surface area contributed by atoms with Crippen LogP contribution in [0.25, 0.3) is 11.1 Å². The number of carbonyl (C=O) groups is 1. The van der Waals surface area contributed by atoms with Crippen molar-refractivity contribution in [3.8, 4) is 16.9 Å². The quantitative estimate of drug-likeness (QED) is 0.260. The van der Waals surface area contributed by atoms with Crippen molar-refractivity contribution in [1.29, 1.82) is 0 Å². The Labute approximate surface area is 218 Å². The fraction of sp³-hybridized carbons (Fsp3) is 0.111. The van der Waals surface area contributed by atoms with Gasteiger partial charge in [0, 0.05) is 22.7 Å². The molecule has 1 aromatic heterocycles. The van der Waals surface area contributed by atoms with Gasteiger partial charge < -0.3 is 10.1 Å². The molecule has 186 valence electrons. The third-order valence-electron chi connectivity index (χ3n) is 4.80. The Balaban J connectivity index is 0.000000338. The van der Waals surface area contributed by atoms with E-state index >= 15 is 0 Å². The van der Waals surface area contributed by atoms with Crippen LogP contribution in [0.1, 0.15) is 11.3 Å². The summed E-state index contributed by atoms with van der Waals surface area (Å²) in [6, 6.07) is 22.0. The molecular weight excluding hydrogens is 504 g/mol. The standard InChI is InChI=1S/C20H18ClN3O2S.C7H6F2/c1-26-15-10-8-14(9-11-15)16-5-4-12-22-18(16)13-23-20(25)24-27-19-7-3-2-6-17(19)21;1-5-2-6(8)4-7(9)3-5/h2-12H,13H2,1H3,(H2,23,24,25);2-4H,1H3. The maximum Gasteiger partial charge on any atom is 0.325 e. The van der Waals surface area contributed by atoms with Crippen molar-refractivity contribution < 1.29 is 18.3 Å². The lowest BCUT2D eigenvalue weighted by Crippen LogP contribution is -2.31. The highest BCUT2D eigenvalue weighted by Gasteiger charge is 2.09. The van der Waals surface area contributed by atoms with Gasteiger partial charge in [0.1, 0.15) is 17.4 Å². The van der Waals surface area contributed by atoms with E-state index < -0.39 is 11.6 Å². The van der Waals surface area contributed by atoms with E-state index in [1.807, 2.05) is 54.6 Å². The number of ether oxygens (including phenoxy) is 1. The maximum atomic E-state index is 12.2. The van der Waals surface area contributed by atoms with Crippen LogP contribution in [0.15, 0.2) is 90.0 Å². The number of aryl methyl sites for hydroxylation is 1. The van der Waals surface area contributed by atoms with Crippen LogP contribution >= 0.6 is 23.5 Å². The summed E-state index contributed by atoms with van der Waals surface area (Å²) in [5.41, 5.74) is 3.35. The van der Waals surface area contributed by atoms with Gasteiger partial charge in [-0.25, -0.2) is 13.6 Å². The van der Waals surface area contributed by atoms with Crippen LogP contribution < -0.4 is 14.8 Å². The van der Waals surface area contributed by atoms with Crippen LogP contribution in [-0.2, 0) is 6.54 Å². The van der Waals surface area contributed by atoms with E-state index in [1.54, 1.807) is 26.3 Å². The molecule has 0 saturated heterocycles. The Hall–Kier alpha value is -3.62. The number of halogens is 3. The first kappa shape index (κ1) is 27.0. The van der Waals surface area contributed by atoms with Gasteiger partial charge in [0.25, 0.3) is 0 Å². The van der Waals surface area contributed by atoms with Gasteiger partial charge in [0.05, 0.1) is 24.4 Å². The average Bonchev–Trinajstić information content (AvgIpc) is 2.87. The molecule has 0 aliphatic carbocycles. The molecule has 0 radical (unpaired) electrons. The zero-order valence-electron chi connectivity index (χ0n) is 19.6. The predicted molar refractivity (Wildman–Crippen MR) is 140 cm³/mol. The minimum absolute atomic E-state index is 0.303. The molecule has 36 heavy (non-hydrogen) atoms. The van der Waals surface area contributed by atoms with E-state index in [2.05, 4.69) is 15.0 Å². The molecule has 4 rings (SSSR count). The van der Waals surface area contributed by atoms with Crippen molar-refractivity contribution in [3.63, 3.8) is 0 Å². The highest BCUT2D eigenvalue weighted by atomic mass is 35.5. The molecule has 1 heterocycles. The SMILES string of the molecule is COc1ccc(-c2cccnc2CNC(=O)NSc2ccccc2Cl)cc1.Cc1cc(F)cc(F)c1. The number of hydrogen-bond acceptors (Lipinski definition) is 4. The van der Waals surface area contributed by atoms with Crippen LogP contribution in [0.4, 0.5) is 13.6 Å². The molecule has 0 atom stereocenters. The number of amides is 2. The van der Waals surface area contributed by atoms with Crippen LogP contribution in [0, 0.1) is 18.6 Å². The molecule has 3 aromatic carbocycles. The lowest BCUT2D eigenvalue weighted by molar-refractivity contribution is 0.246. The molecule has 0 saturated carbocycles. The number of methoxy groups -OCH3 is 1. The number of urea groups is 1. The Morgan fingerprint density at radius 2 is 1.69 bits per heavy atom. The largest absolute Gasteiger partial charge is 0.497 e. The van der Waals surface area contributed by atoms with Gasteiger partial charge in [-0.05, 0) is 72.5 Å². The van der Waals surface area contributed by atoms with E-state index in [9.17, 15) is 13.6 Å². The van der Waals surface area contributed by atoms with E-state index in [4.69, 9.17) is 16.3 Å². The minimum Gasteiger partial charge on any atom is -0.497 e. The van der Waals surface area contributed by atoms with Crippen LogP contribution in [-0.4, -0.2) is 18.1 Å². The molecule has 4 aromatic rings. The second kappa shape index (κ2) is 13.5. The van der Waals surface area contributed by atoms with Gasteiger partial charge in [0.15, 0.2) is 0 Å². The van der Waals surface area contributed by atoms with Gasteiger partial charge in [-0.3, -0.25) is 9.71 Å². The average molecular weight is 528 g/mol. The summed E-state index contributed by atoms with van der Waals surface area (Å²) < 4.78 is 32.3. The lowest BCUT2D eigenvalue weighted by Gasteiger charge is -2.11. The summed E-state index contributed by atoms with van der Waals surface area (Å²) in [7, 11) is 1.63. The topological polar surface area (TPSA) is 63.2 Å². The molecule has 2 amide bonds. The zero-order valence-corrected chi connectivity index (χ0v) is 21.2. The summed E-state index contributed by atoms with van der Waals surface area (Å²) in [5, 5.41) is 3.41. The molecule has 0 aliphatic rings. The summed E-state index contributed by atoms with van der Waals surface area (Å²) in [5.74, 6) is -0.252. The predicted octanol–water partition coefficient (Wildman–Crippen LogP) is 7.19. The Morgan fingerprint density at radius 3 is 2.33 bits per heavy atom. The number of aromatic nitrogens is 1. The first-order valence-electron chi connectivity index (χ1n) is 10.8. The summed E-state index contributed by atoms with van der Waals surface area (Å²) in [6.07, 6.45) is 1.71. The second-order valence-electron chi connectivity index (χ2n) is 7.49. The van der Waals surface area contributed by atoms with Crippen molar-refractivity contribution in [2.24, 2.45) is 0 Å². The molecule has 0 bridgehead atoms. The van der Waals surface area contributed by atoms with Crippen molar-refractivity contribution in [3.05, 3.63) is 113 Å². The molecule has 0 spiro atoms. The Kier molecular flexibility index (Phi) is 10.1. The smallest absolute Gasteiger partial charge is 0.325 e. The number of hydrogen-bond donors (Lipinski definition) is 2. The number of nitrogens with zero attached hydrogens (tertiary/aromatic N) is 1. The molecule has 0 fully saturated rings. The van der Waals surface area contributed by atoms with Crippen molar-refractivity contribution in [2.75, 3.05) is 7.11 Å². The summed E-state index contributed by atoms with van der Waals surface area (Å²) in [4.78, 5) is 17.3. The zero-order chi connectivity index (χ0) is 25.9.